The molecule has 2 atom stereocenters. The van der Waals surface area contributed by atoms with Crippen LogP contribution in [0.2, 0.25) is 0 Å². The van der Waals surface area contributed by atoms with Gasteiger partial charge in [0.25, 0.3) is 11.8 Å². The second-order valence-electron chi connectivity index (χ2n) is 8.54. The number of rotatable bonds is 5. The van der Waals surface area contributed by atoms with E-state index in [1.807, 2.05) is 0 Å². The Bertz CT molecular complexity index is 1210. The van der Waals surface area contributed by atoms with Gasteiger partial charge in [0.2, 0.25) is 0 Å². The van der Waals surface area contributed by atoms with Crippen LogP contribution in [0.4, 0.5) is 14.5 Å². The first kappa shape index (κ1) is 23.5. The molecule has 1 fully saturated rings. The zero-order valence-electron chi connectivity index (χ0n) is 18.6. The van der Waals surface area contributed by atoms with Crippen molar-refractivity contribution >= 4 is 17.5 Å². The number of hydrogen-bond donors (Lipinski definition) is 3. The van der Waals surface area contributed by atoms with Gasteiger partial charge in [-0.15, -0.1) is 0 Å². The molecular formula is C26H25F2N3O3. The van der Waals surface area contributed by atoms with Gasteiger partial charge in [-0.1, -0.05) is 18.9 Å². The van der Waals surface area contributed by atoms with Crippen LogP contribution in [0.5, 0.6) is 0 Å². The van der Waals surface area contributed by atoms with E-state index in [-0.39, 0.29) is 23.1 Å². The van der Waals surface area contributed by atoms with Crippen molar-refractivity contribution in [2.45, 2.75) is 44.8 Å². The van der Waals surface area contributed by atoms with Crippen LogP contribution in [0.3, 0.4) is 0 Å². The highest BCUT2D eigenvalue weighted by Gasteiger charge is 2.25. The summed E-state index contributed by atoms with van der Waals surface area (Å²) in [5.41, 5.74) is 2.41. The molecule has 2 amide bonds. The zero-order valence-corrected chi connectivity index (χ0v) is 18.6. The SMILES string of the molecule is Cc1ccc(C(=O)N[C@H]2CCCC[C@@H]2O)cc1NC(=O)c1cncc(-c2cc(F)cc(F)c2)c1. The molecule has 176 valence electrons. The van der Waals surface area contributed by atoms with Gasteiger partial charge in [0.1, 0.15) is 11.6 Å². The molecule has 1 heterocycles. The lowest BCUT2D eigenvalue weighted by atomic mass is 9.92. The van der Waals surface area contributed by atoms with E-state index in [9.17, 15) is 23.5 Å². The Morgan fingerprint density at radius 2 is 1.65 bits per heavy atom. The van der Waals surface area contributed by atoms with Gasteiger partial charge in [-0.05, 0) is 61.2 Å². The number of nitrogens with zero attached hydrogens (tertiary/aromatic N) is 1. The van der Waals surface area contributed by atoms with Crippen molar-refractivity contribution < 1.29 is 23.5 Å². The van der Waals surface area contributed by atoms with Gasteiger partial charge in [-0.25, -0.2) is 8.78 Å². The maximum atomic E-state index is 13.6. The molecule has 0 radical (unpaired) electrons. The summed E-state index contributed by atoms with van der Waals surface area (Å²) < 4.78 is 27.2. The monoisotopic (exact) mass is 465 g/mol. The number of aliphatic hydroxyl groups excluding tert-OH is 1. The summed E-state index contributed by atoms with van der Waals surface area (Å²) in [6, 6.07) is 9.27. The summed E-state index contributed by atoms with van der Waals surface area (Å²) in [4.78, 5) is 29.6. The first-order valence-corrected chi connectivity index (χ1v) is 11.1. The summed E-state index contributed by atoms with van der Waals surface area (Å²) in [7, 11) is 0. The minimum atomic E-state index is -0.726. The van der Waals surface area contributed by atoms with Crippen LogP contribution in [0.25, 0.3) is 11.1 Å². The van der Waals surface area contributed by atoms with E-state index in [1.165, 1.54) is 18.5 Å². The van der Waals surface area contributed by atoms with Gasteiger partial charge in [-0.3, -0.25) is 14.6 Å². The number of carbonyl (C=O) groups excluding carboxylic acids is 2. The number of amides is 2. The van der Waals surface area contributed by atoms with Gasteiger partial charge in [0.15, 0.2) is 0 Å². The Hall–Kier alpha value is -3.65. The molecular weight excluding hydrogens is 440 g/mol. The number of benzene rings is 2. The van der Waals surface area contributed by atoms with Gasteiger partial charge in [-0.2, -0.15) is 0 Å². The van der Waals surface area contributed by atoms with Crippen molar-refractivity contribution in [3.05, 3.63) is 83.2 Å². The van der Waals surface area contributed by atoms with Crippen LogP contribution in [0.15, 0.2) is 54.9 Å². The highest BCUT2D eigenvalue weighted by molar-refractivity contribution is 6.06. The second-order valence-corrected chi connectivity index (χ2v) is 8.54. The quantitative estimate of drug-likeness (QED) is 0.513. The Labute approximate surface area is 196 Å². The molecule has 6 nitrogen and oxygen atoms in total. The van der Waals surface area contributed by atoms with Gasteiger partial charge in [0.05, 0.1) is 17.7 Å². The van der Waals surface area contributed by atoms with E-state index in [0.29, 0.717) is 23.2 Å². The van der Waals surface area contributed by atoms with Crippen LogP contribution < -0.4 is 10.6 Å². The predicted octanol–water partition coefficient (Wildman–Crippen LogP) is 4.62. The Morgan fingerprint density at radius 1 is 0.912 bits per heavy atom. The number of anilines is 1. The van der Waals surface area contributed by atoms with Crippen LogP contribution in [-0.4, -0.2) is 34.1 Å². The highest BCUT2D eigenvalue weighted by atomic mass is 19.1. The Morgan fingerprint density at radius 3 is 2.38 bits per heavy atom. The summed E-state index contributed by atoms with van der Waals surface area (Å²) in [6.45, 7) is 1.80. The number of halogens is 2. The van der Waals surface area contributed by atoms with Gasteiger partial charge < -0.3 is 15.7 Å². The average Bonchev–Trinajstić information content (AvgIpc) is 2.81. The third-order valence-corrected chi connectivity index (χ3v) is 5.99. The largest absolute Gasteiger partial charge is 0.391 e. The summed E-state index contributed by atoms with van der Waals surface area (Å²) in [5, 5.41) is 15.8. The summed E-state index contributed by atoms with van der Waals surface area (Å²) in [6.07, 6.45) is 5.49. The van der Waals surface area contributed by atoms with Gasteiger partial charge in [0, 0.05) is 35.3 Å². The summed E-state index contributed by atoms with van der Waals surface area (Å²) in [5.74, 6) is -2.25. The number of aromatic nitrogens is 1. The molecule has 3 N–H and O–H groups in total. The molecule has 1 aromatic heterocycles. The molecule has 1 aliphatic rings. The third kappa shape index (κ3) is 5.46. The molecule has 1 saturated carbocycles. The van der Waals surface area contributed by atoms with E-state index < -0.39 is 23.6 Å². The van der Waals surface area contributed by atoms with Crippen LogP contribution in [0.1, 0.15) is 52.0 Å². The molecule has 0 saturated heterocycles. The molecule has 0 spiro atoms. The van der Waals surface area contributed by atoms with E-state index in [4.69, 9.17) is 0 Å². The van der Waals surface area contributed by atoms with Crippen molar-refractivity contribution in [1.29, 1.82) is 0 Å². The Kier molecular flexibility index (Phi) is 6.98. The van der Waals surface area contributed by atoms with Crippen LogP contribution >= 0.6 is 0 Å². The molecule has 2 aromatic carbocycles. The summed E-state index contributed by atoms with van der Waals surface area (Å²) >= 11 is 0. The number of pyridine rings is 1. The molecule has 4 rings (SSSR count). The molecule has 3 aromatic rings. The number of nitrogens with one attached hydrogen (secondary N) is 2. The van der Waals surface area contributed by atoms with E-state index in [2.05, 4.69) is 15.6 Å². The van der Waals surface area contributed by atoms with Crippen molar-refractivity contribution in [2.75, 3.05) is 5.32 Å². The maximum absolute atomic E-state index is 13.6. The van der Waals surface area contributed by atoms with Gasteiger partial charge >= 0.3 is 0 Å². The van der Waals surface area contributed by atoms with Crippen molar-refractivity contribution in [3.63, 3.8) is 0 Å². The lowest BCUT2D eigenvalue weighted by Gasteiger charge is -2.28. The number of aryl methyl sites for hydroxylation is 1. The third-order valence-electron chi connectivity index (χ3n) is 5.99. The second kappa shape index (κ2) is 10.1. The number of carbonyl (C=O) groups is 2. The van der Waals surface area contributed by atoms with Crippen molar-refractivity contribution in [3.8, 4) is 11.1 Å². The van der Waals surface area contributed by atoms with Crippen LogP contribution in [-0.2, 0) is 0 Å². The normalized spacial score (nSPS) is 17.8. The van der Waals surface area contributed by atoms with Crippen molar-refractivity contribution in [2.24, 2.45) is 0 Å². The molecule has 0 unspecified atom stereocenters. The van der Waals surface area contributed by atoms with Crippen molar-refractivity contribution in [1.82, 2.24) is 10.3 Å². The topological polar surface area (TPSA) is 91.3 Å². The standard InChI is InChI=1S/C26H25F2N3O3/c1-15-6-7-16(25(33)30-22-4-2-3-5-24(22)32)11-23(15)31-26(34)19-8-18(13-29-14-19)17-9-20(27)12-21(28)10-17/h6-14,22,24,32H,2-5H2,1H3,(H,30,33)(H,31,34)/t22-,24-/m0/s1. The lowest BCUT2D eigenvalue weighted by molar-refractivity contribution is 0.0717. The van der Waals surface area contributed by atoms with E-state index in [0.717, 1.165) is 43.0 Å². The minimum absolute atomic E-state index is 0.196. The zero-order chi connectivity index (χ0) is 24.2. The Balaban J connectivity index is 1.51. The first-order valence-electron chi connectivity index (χ1n) is 11.1. The number of hydrogen-bond acceptors (Lipinski definition) is 4. The fraction of sp³-hybridized carbons (Fsp3) is 0.269. The predicted molar refractivity (Wildman–Crippen MR) is 124 cm³/mol. The molecule has 1 aliphatic carbocycles. The fourth-order valence-electron chi connectivity index (χ4n) is 4.07. The maximum Gasteiger partial charge on any atom is 0.257 e. The molecule has 8 heteroatoms. The minimum Gasteiger partial charge on any atom is -0.391 e. The van der Waals surface area contributed by atoms with Crippen LogP contribution in [0, 0.1) is 18.6 Å². The highest BCUT2D eigenvalue weighted by Crippen LogP contribution is 2.24. The smallest absolute Gasteiger partial charge is 0.257 e. The van der Waals surface area contributed by atoms with E-state index in [1.54, 1.807) is 25.1 Å². The lowest BCUT2D eigenvalue weighted by Crippen LogP contribution is -2.45. The van der Waals surface area contributed by atoms with E-state index >= 15 is 0 Å². The fourth-order valence-corrected chi connectivity index (χ4v) is 4.07. The molecule has 0 bridgehead atoms. The number of aliphatic hydroxyl groups is 1. The molecule has 34 heavy (non-hydrogen) atoms. The first-order chi connectivity index (χ1) is 16.3. The average molecular weight is 466 g/mol. The molecule has 0 aliphatic heterocycles.